The van der Waals surface area contributed by atoms with Crippen molar-refractivity contribution >= 4 is 29.9 Å². The van der Waals surface area contributed by atoms with Gasteiger partial charge in [-0.2, -0.15) is 0 Å². The zero-order chi connectivity index (χ0) is 20.5. The SMILES string of the molecule is CCNC(=NCCN1CCCN(C)CC1)NC1CC(C)N(Cc2ccccc2)C1.I. The van der Waals surface area contributed by atoms with Crippen molar-refractivity contribution in [3.05, 3.63) is 35.9 Å². The van der Waals surface area contributed by atoms with Crippen molar-refractivity contribution in [1.29, 1.82) is 0 Å². The zero-order valence-corrected chi connectivity index (χ0v) is 21.3. The highest BCUT2D eigenvalue weighted by Crippen LogP contribution is 2.20. The van der Waals surface area contributed by atoms with Crippen LogP contribution >= 0.6 is 24.0 Å². The van der Waals surface area contributed by atoms with E-state index >= 15 is 0 Å². The summed E-state index contributed by atoms with van der Waals surface area (Å²) in [4.78, 5) is 12.4. The van der Waals surface area contributed by atoms with Crippen LogP contribution in [0.1, 0.15) is 32.3 Å². The predicted octanol–water partition coefficient (Wildman–Crippen LogP) is 2.46. The Bertz CT molecular complexity index is 625. The Labute approximate surface area is 200 Å². The molecule has 1 aromatic rings. The summed E-state index contributed by atoms with van der Waals surface area (Å²) in [5, 5.41) is 7.13. The second kappa shape index (κ2) is 13.5. The molecule has 7 heteroatoms. The summed E-state index contributed by atoms with van der Waals surface area (Å²) >= 11 is 0. The molecule has 1 aromatic carbocycles. The van der Waals surface area contributed by atoms with Gasteiger partial charge in [-0.25, -0.2) is 0 Å². The molecule has 0 aliphatic carbocycles. The molecule has 2 aliphatic rings. The molecule has 2 heterocycles. The van der Waals surface area contributed by atoms with E-state index in [2.05, 4.69) is 76.6 Å². The number of halogens is 1. The number of aliphatic imine (C=N–C) groups is 1. The molecular formula is C23H41IN6. The summed E-state index contributed by atoms with van der Waals surface area (Å²) in [7, 11) is 2.22. The first-order chi connectivity index (χ1) is 14.1. The van der Waals surface area contributed by atoms with Crippen LogP contribution in [0, 0.1) is 0 Å². The minimum atomic E-state index is 0. The minimum Gasteiger partial charge on any atom is -0.357 e. The molecule has 2 unspecified atom stereocenters. The zero-order valence-electron chi connectivity index (χ0n) is 19.0. The summed E-state index contributed by atoms with van der Waals surface area (Å²) in [6, 6.07) is 11.8. The van der Waals surface area contributed by atoms with Crippen molar-refractivity contribution in [3.8, 4) is 0 Å². The maximum atomic E-state index is 4.88. The van der Waals surface area contributed by atoms with Crippen LogP contribution in [0.3, 0.4) is 0 Å². The fourth-order valence-electron chi connectivity index (χ4n) is 4.38. The van der Waals surface area contributed by atoms with Crippen LogP contribution < -0.4 is 10.6 Å². The quantitative estimate of drug-likeness (QED) is 0.324. The molecule has 0 radical (unpaired) electrons. The van der Waals surface area contributed by atoms with Crippen molar-refractivity contribution in [2.24, 2.45) is 4.99 Å². The van der Waals surface area contributed by atoms with Crippen LogP contribution in [0.2, 0.25) is 0 Å². The van der Waals surface area contributed by atoms with E-state index in [1.54, 1.807) is 0 Å². The van der Waals surface area contributed by atoms with Gasteiger partial charge < -0.3 is 20.4 Å². The summed E-state index contributed by atoms with van der Waals surface area (Å²) < 4.78 is 0. The molecule has 0 amide bonds. The Balaban J connectivity index is 0.00000320. The highest BCUT2D eigenvalue weighted by molar-refractivity contribution is 14.0. The van der Waals surface area contributed by atoms with Gasteiger partial charge in [0.25, 0.3) is 0 Å². The molecule has 30 heavy (non-hydrogen) atoms. The lowest BCUT2D eigenvalue weighted by Crippen LogP contribution is -2.45. The third-order valence-corrected chi connectivity index (χ3v) is 6.12. The number of hydrogen-bond donors (Lipinski definition) is 2. The van der Waals surface area contributed by atoms with Gasteiger partial charge in [-0.1, -0.05) is 30.3 Å². The number of hydrogen-bond acceptors (Lipinski definition) is 4. The van der Waals surface area contributed by atoms with Crippen LogP contribution in [0.15, 0.2) is 35.3 Å². The average molecular weight is 529 g/mol. The Kier molecular flexibility index (Phi) is 11.4. The van der Waals surface area contributed by atoms with Crippen molar-refractivity contribution < 1.29 is 0 Å². The third-order valence-electron chi connectivity index (χ3n) is 6.12. The Morgan fingerprint density at radius 2 is 1.93 bits per heavy atom. The predicted molar refractivity (Wildman–Crippen MR) is 138 cm³/mol. The van der Waals surface area contributed by atoms with E-state index in [-0.39, 0.29) is 24.0 Å². The van der Waals surface area contributed by atoms with Crippen LogP contribution in [-0.4, -0.2) is 92.1 Å². The van der Waals surface area contributed by atoms with E-state index in [4.69, 9.17) is 4.99 Å². The number of guanidine groups is 1. The van der Waals surface area contributed by atoms with E-state index < -0.39 is 0 Å². The number of likely N-dealkylation sites (tertiary alicyclic amines) is 1. The molecule has 2 saturated heterocycles. The van der Waals surface area contributed by atoms with Gasteiger partial charge in [-0.3, -0.25) is 9.89 Å². The van der Waals surface area contributed by atoms with Gasteiger partial charge in [0.2, 0.25) is 0 Å². The molecule has 2 fully saturated rings. The third kappa shape index (κ3) is 8.32. The Hall–Kier alpha value is -0.900. The first kappa shape index (κ1) is 25.4. The maximum Gasteiger partial charge on any atom is 0.191 e. The number of nitrogens with zero attached hydrogens (tertiary/aromatic N) is 4. The van der Waals surface area contributed by atoms with E-state index in [0.717, 1.165) is 51.6 Å². The smallest absolute Gasteiger partial charge is 0.191 e. The van der Waals surface area contributed by atoms with E-state index in [9.17, 15) is 0 Å². The molecule has 0 aromatic heterocycles. The van der Waals surface area contributed by atoms with Crippen molar-refractivity contribution in [1.82, 2.24) is 25.3 Å². The molecule has 2 atom stereocenters. The average Bonchev–Trinajstić information content (AvgIpc) is 2.91. The number of benzene rings is 1. The van der Waals surface area contributed by atoms with E-state index in [1.165, 1.54) is 31.6 Å². The molecular weight excluding hydrogens is 487 g/mol. The standard InChI is InChI=1S/C23H40N6.HI/c1-4-24-23(25-11-14-28-13-8-12-27(3)15-16-28)26-22-17-20(2)29(19-22)18-21-9-6-5-7-10-21;/h5-7,9-10,20,22H,4,8,11-19H2,1-3H3,(H2,24,25,26);1H. The molecule has 170 valence electrons. The van der Waals surface area contributed by atoms with Gasteiger partial charge in [0.05, 0.1) is 6.54 Å². The summed E-state index contributed by atoms with van der Waals surface area (Å²) in [5.41, 5.74) is 1.39. The fourth-order valence-corrected chi connectivity index (χ4v) is 4.38. The Morgan fingerprint density at radius 3 is 2.70 bits per heavy atom. The van der Waals surface area contributed by atoms with Crippen molar-refractivity contribution in [2.75, 3.05) is 59.4 Å². The number of nitrogens with one attached hydrogen (secondary N) is 2. The van der Waals surface area contributed by atoms with Crippen LogP contribution in [0.4, 0.5) is 0 Å². The van der Waals surface area contributed by atoms with Gasteiger partial charge in [0.1, 0.15) is 0 Å². The largest absolute Gasteiger partial charge is 0.357 e. The monoisotopic (exact) mass is 528 g/mol. The molecule has 0 spiro atoms. The summed E-state index contributed by atoms with van der Waals surface area (Å²) in [5.74, 6) is 0.971. The lowest BCUT2D eigenvalue weighted by Gasteiger charge is -2.21. The Morgan fingerprint density at radius 1 is 1.13 bits per heavy atom. The summed E-state index contributed by atoms with van der Waals surface area (Å²) in [6.07, 6.45) is 2.42. The first-order valence-electron chi connectivity index (χ1n) is 11.4. The van der Waals surface area contributed by atoms with Crippen LogP contribution in [0.25, 0.3) is 0 Å². The second-order valence-electron chi connectivity index (χ2n) is 8.60. The number of likely N-dealkylation sites (N-methyl/N-ethyl adjacent to an activating group) is 1. The van der Waals surface area contributed by atoms with Crippen molar-refractivity contribution in [3.63, 3.8) is 0 Å². The molecule has 3 rings (SSSR count). The molecule has 0 saturated carbocycles. The highest BCUT2D eigenvalue weighted by atomic mass is 127. The minimum absolute atomic E-state index is 0. The van der Waals surface area contributed by atoms with Gasteiger partial charge in [0, 0.05) is 51.4 Å². The second-order valence-corrected chi connectivity index (χ2v) is 8.60. The molecule has 0 bridgehead atoms. The highest BCUT2D eigenvalue weighted by Gasteiger charge is 2.29. The number of rotatable bonds is 7. The molecule has 2 N–H and O–H groups in total. The van der Waals surface area contributed by atoms with Gasteiger partial charge in [0.15, 0.2) is 5.96 Å². The topological polar surface area (TPSA) is 46.1 Å². The summed E-state index contributed by atoms with van der Waals surface area (Å²) in [6.45, 7) is 14.1. The molecule has 2 aliphatic heterocycles. The maximum absolute atomic E-state index is 4.88. The normalized spacial score (nSPS) is 24.3. The van der Waals surface area contributed by atoms with Gasteiger partial charge in [-0.15, -0.1) is 24.0 Å². The first-order valence-corrected chi connectivity index (χ1v) is 11.4. The van der Waals surface area contributed by atoms with Crippen LogP contribution in [0.5, 0.6) is 0 Å². The lowest BCUT2D eigenvalue weighted by molar-refractivity contribution is 0.258. The van der Waals surface area contributed by atoms with Crippen LogP contribution in [-0.2, 0) is 6.54 Å². The fraction of sp³-hybridized carbons (Fsp3) is 0.696. The molecule has 6 nitrogen and oxygen atoms in total. The van der Waals surface area contributed by atoms with E-state index in [1.807, 2.05) is 0 Å². The van der Waals surface area contributed by atoms with Gasteiger partial charge >= 0.3 is 0 Å². The van der Waals surface area contributed by atoms with Gasteiger partial charge in [-0.05, 0) is 52.4 Å². The lowest BCUT2D eigenvalue weighted by atomic mass is 10.2. The van der Waals surface area contributed by atoms with E-state index in [0.29, 0.717) is 12.1 Å². The van der Waals surface area contributed by atoms with Crippen molar-refractivity contribution in [2.45, 2.75) is 45.3 Å².